The van der Waals surface area contributed by atoms with Crippen LogP contribution in [0.2, 0.25) is 0 Å². The molecule has 0 spiro atoms. The molecular formula is C18H33N3OS. The molecule has 23 heavy (non-hydrogen) atoms. The fraction of sp³-hybridized carbons (Fsp3) is 0.722. The van der Waals surface area contributed by atoms with Gasteiger partial charge in [-0.3, -0.25) is 4.99 Å². The Bertz CT molecular complexity index is 437. The Balaban J connectivity index is 2.62. The predicted molar refractivity (Wildman–Crippen MR) is 101 cm³/mol. The number of nitrogens with one attached hydrogen (secondary N) is 2. The van der Waals surface area contributed by atoms with Crippen LogP contribution >= 0.6 is 11.3 Å². The largest absolute Gasteiger partial charge is 0.396 e. The minimum absolute atomic E-state index is 0.0461. The molecule has 0 aliphatic rings. The molecule has 1 rings (SSSR count). The normalized spacial score (nSPS) is 13.9. The van der Waals surface area contributed by atoms with Crippen molar-refractivity contribution in [2.45, 2.75) is 52.4 Å². The Morgan fingerprint density at radius 2 is 2.09 bits per heavy atom. The van der Waals surface area contributed by atoms with Crippen LogP contribution in [-0.4, -0.2) is 37.3 Å². The Hall–Kier alpha value is -1.07. The number of aliphatic imine (C=N–C) groups is 1. The van der Waals surface area contributed by atoms with Gasteiger partial charge in [-0.25, -0.2) is 0 Å². The number of hydrogen-bond donors (Lipinski definition) is 3. The first kappa shape index (κ1) is 20.0. The van der Waals surface area contributed by atoms with Gasteiger partial charge in [0.1, 0.15) is 0 Å². The lowest BCUT2D eigenvalue weighted by molar-refractivity contribution is 0.251. The summed E-state index contributed by atoms with van der Waals surface area (Å²) in [5.74, 6) is 1.37. The second-order valence-electron chi connectivity index (χ2n) is 6.60. The van der Waals surface area contributed by atoms with Crippen molar-refractivity contribution >= 4 is 17.3 Å². The highest BCUT2D eigenvalue weighted by atomic mass is 32.1. The molecule has 3 N–H and O–H groups in total. The predicted octanol–water partition coefficient (Wildman–Crippen LogP) is 3.38. The van der Waals surface area contributed by atoms with Gasteiger partial charge in [-0.05, 0) is 37.1 Å². The van der Waals surface area contributed by atoms with E-state index in [2.05, 4.69) is 55.8 Å². The van der Waals surface area contributed by atoms with E-state index < -0.39 is 0 Å². The molecule has 132 valence electrons. The first-order valence-corrected chi connectivity index (χ1v) is 9.58. The van der Waals surface area contributed by atoms with E-state index in [1.54, 1.807) is 11.3 Å². The van der Waals surface area contributed by atoms with E-state index in [0.29, 0.717) is 5.92 Å². The molecule has 0 fully saturated rings. The van der Waals surface area contributed by atoms with Crippen LogP contribution in [0.3, 0.4) is 0 Å². The number of aliphatic hydroxyl groups is 1. The van der Waals surface area contributed by atoms with E-state index in [0.717, 1.165) is 44.9 Å². The van der Waals surface area contributed by atoms with E-state index >= 15 is 0 Å². The zero-order valence-corrected chi connectivity index (χ0v) is 15.9. The molecule has 1 aromatic heterocycles. The van der Waals surface area contributed by atoms with Crippen molar-refractivity contribution in [1.82, 2.24) is 10.6 Å². The molecular weight excluding hydrogens is 306 g/mol. The molecule has 4 nitrogen and oxygen atoms in total. The number of thiophene rings is 1. The minimum Gasteiger partial charge on any atom is -0.396 e. The highest BCUT2D eigenvalue weighted by Gasteiger charge is 2.21. The fourth-order valence-electron chi connectivity index (χ4n) is 2.54. The number of hydrogen-bond acceptors (Lipinski definition) is 3. The topological polar surface area (TPSA) is 56.6 Å². The van der Waals surface area contributed by atoms with Gasteiger partial charge in [0.25, 0.3) is 0 Å². The summed E-state index contributed by atoms with van der Waals surface area (Å²) in [6.45, 7) is 11.5. The summed E-state index contributed by atoms with van der Waals surface area (Å²) in [5.41, 5.74) is 0.0461. The van der Waals surface area contributed by atoms with Gasteiger partial charge in [0.15, 0.2) is 5.96 Å². The third-order valence-electron chi connectivity index (χ3n) is 3.96. The highest BCUT2D eigenvalue weighted by molar-refractivity contribution is 7.10. The molecule has 1 aromatic rings. The van der Waals surface area contributed by atoms with Crippen molar-refractivity contribution in [1.29, 1.82) is 0 Å². The maximum absolute atomic E-state index is 9.18. The summed E-state index contributed by atoms with van der Waals surface area (Å²) >= 11 is 1.79. The van der Waals surface area contributed by atoms with Gasteiger partial charge in [0.05, 0.1) is 6.54 Å². The summed E-state index contributed by atoms with van der Waals surface area (Å²) in [6.07, 6.45) is 3.13. The first-order valence-electron chi connectivity index (χ1n) is 8.70. The molecule has 0 saturated carbocycles. The first-order chi connectivity index (χ1) is 11.0. The second kappa shape index (κ2) is 10.7. The van der Waals surface area contributed by atoms with E-state index in [9.17, 15) is 5.11 Å². The maximum Gasteiger partial charge on any atom is 0.191 e. The van der Waals surface area contributed by atoms with Crippen molar-refractivity contribution in [3.05, 3.63) is 22.4 Å². The molecule has 1 atom stereocenters. The van der Waals surface area contributed by atoms with Gasteiger partial charge in [0, 0.05) is 30.0 Å². The van der Waals surface area contributed by atoms with Crippen LogP contribution < -0.4 is 10.6 Å². The number of aliphatic hydroxyl groups excluding tert-OH is 1. The Kier molecular flexibility index (Phi) is 9.26. The van der Waals surface area contributed by atoms with Crippen molar-refractivity contribution in [2.24, 2.45) is 10.9 Å². The molecule has 0 aliphatic heterocycles. The van der Waals surface area contributed by atoms with Crippen LogP contribution in [0.4, 0.5) is 0 Å². The lowest BCUT2D eigenvalue weighted by Crippen LogP contribution is -2.40. The van der Waals surface area contributed by atoms with Crippen LogP contribution in [0, 0.1) is 5.92 Å². The summed E-state index contributed by atoms with van der Waals surface area (Å²) in [5, 5.41) is 18.1. The lowest BCUT2D eigenvalue weighted by Gasteiger charge is -2.23. The molecule has 0 aromatic carbocycles. The summed E-state index contributed by atoms with van der Waals surface area (Å²) in [6, 6.07) is 4.28. The Morgan fingerprint density at radius 1 is 1.30 bits per heavy atom. The lowest BCUT2D eigenvalue weighted by atomic mass is 9.92. The van der Waals surface area contributed by atoms with Gasteiger partial charge >= 0.3 is 0 Å². The second-order valence-corrected chi connectivity index (χ2v) is 7.55. The molecule has 0 bridgehead atoms. The van der Waals surface area contributed by atoms with Gasteiger partial charge in [0.2, 0.25) is 0 Å². The molecule has 1 unspecified atom stereocenters. The number of nitrogens with zero attached hydrogens (tertiary/aromatic N) is 1. The van der Waals surface area contributed by atoms with Crippen LogP contribution in [0.1, 0.15) is 51.8 Å². The van der Waals surface area contributed by atoms with E-state index in [-0.39, 0.29) is 12.0 Å². The number of rotatable bonds is 10. The van der Waals surface area contributed by atoms with Crippen LogP contribution in [0.25, 0.3) is 0 Å². The molecule has 1 heterocycles. The van der Waals surface area contributed by atoms with Gasteiger partial charge < -0.3 is 15.7 Å². The zero-order chi connectivity index (χ0) is 17.1. The molecule has 0 aliphatic carbocycles. The van der Waals surface area contributed by atoms with E-state index in [1.807, 2.05) is 0 Å². The zero-order valence-electron chi connectivity index (χ0n) is 15.1. The standard InChI is InChI=1S/C18H33N3OS/c1-5-8-15(10-11-22)13-20-17(19-6-2)21-14-18(3,4)16-9-7-12-23-16/h7,9,12,15,22H,5-6,8,10-11,13-14H2,1-4H3,(H2,19,20,21). The van der Waals surface area contributed by atoms with Crippen molar-refractivity contribution in [2.75, 3.05) is 26.2 Å². The molecule has 5 heteroatoms. The SMILES string of the molecule is CCCC(CCO)CNC(=NCC(C)(C)c1cccs1)NCC. The smallest absolute Gasteiger partial charge is 0.191 e. The maximum atomic E-state index is 9.18. The Labute approximate surface area is 145 Å². The van der Waals surface area contributed by atoms with Crippen molar-refractivity contribution in [3.8, 4) is 0 Å². The van der Waals surface area contributed by atoms with Crippen LogP contribution in [0.15, 0.2) is 22.5 Å². The third kappa shape index (κ3) is 7.36. The number of guanidine groups is 1. The fourth-order valence-corrected chi connectivity index (χ4v) is 3.38. The average Bonchev–Trinajstić information content (AvgIpc) is 3.05. The summed E-state index contributed by atoms with van der Waals surface area (Å²) < 4.78 is 0. The van der Waals surface area contributed by atoms with Crippen LogP contribution in [-0.2, 0) is 5.41 Å². The minimum atomic E-state index is 0.0461. The van der Waals surface area contributed by atoms with Crippen LogP contribution in [0.5, 0.6) is 0 Å². The summed E-state index contributed by atoms with van der Waals surface area (Å²) in [4.78, 5) is 6.13. The summed E-state index contributed by atoms with van der Waals surface area (Å²) in [7, 11) is 0. The average molecular weight is 340 g/mol. The van der Waals surface area contributed by atoms with E-state index in [1.165, 1.54) is 4.88 Å². The monoisotopic (exact) mass is 339 g/mol. The molecule has 0 radical (unpaired) electrons. The third-order valence-corrected chi connectivity index (χ3v) is 5.19. The highest BCUT2D eigenvalue weighted by Crippen LogP contribution is 2.27. The van der Waals surface area contributed by atoms with E-state index in [4.69, 9.17) is 4.99 Å². The van der Waals surface area contributed by atoms with Crippen molar-refractivity contribution < 1.29 is 5.11 Å². The van der Waals surface area contributed by atoms with Crippen molar-refractivity contribution in [3.63, 3.8) is 0 Å². The quantitative estimate of drug-likeness (QED) is 0.452. The van der Waals surface area contributed by atoms with Gasteiger partial charge in [-0.1, -0.05) is 33.3 Å². The van der Waals surface area contributed by atoms with Gasteiger partial charge in [-0.2, -0.15) is 0 Å². The molecule has 0 amide bonds. The Morgan fingerprint density at radius 3 is 2.65 bits per heavy atom. The molecule has 0 saturated heterocycles. The van der Waals surface area contributed by atoms with Gasteiger partial charge in [-0.15, -0.1) is 11.3 Å².